The summed E-state index contributed by atoms with van der Waals surface area (Å²) in [7, 11) is 0. The summed E-state index contributed by atoms with van der Waals surface area (Å²) in [6.45, 7) is -0.0223. The minimum atomic E-state index is -0.463. The van der Waals surface area contributed by atoms with Gasteiger partial charge in [0, 0.05) is 21.9 Å². The molecule has 0 amide bonds. The van der Waals surface area contributed by atoms with Crippen molar-refractivity contribution in [1.82, 2.24) is 0 Å². The highest BCUT2D eigenvalue weighted by atomic mass is 16.5. The molecule has 0 aliphatic heterocycles. The number of aliphatic hydroxyl groups is 1. The van der Waals surface area contributed by atoms with Gasteiger partial charge in [0.05, 0.1) is 6.61 Å². The Labute approximate surface area is 131 Å². The Kier molecular flexibility index (Phi) is 2.99. The summed E-state index contributed by atoms with van der Waals surface area (Å²) in [6.07, 6.45) is 0. The lowest BCUT2D eigenvalue weighted by Gasteiger charge is -2.10. The molecule has 4 nitrogen and oxygen atoms in total. The van der Waals surface area contributed by atoms with Crippen molar-refractivity contribution in [3.8, 4) is 11.5 Å². The molecule has 1 N–H and O–H groups in total. The average molecular weight is 304 g/mol. The highest BCUT2D eigenvalue weighted by molar-refractivity contribution is 6.57. The second-order valence-corrected chi connectivity index (χ2v) is 5.40. The molecule has 0 bridgehead atoms. The third-order valence-electron chi connectivity index (χ3n) is 4.03. The molecule has 0 unspecified atom stereocenters. The fourth-order valence-electron chi connectivity index (χ4n) is 2.88. The molecule has 1 aliphatic rings. The summed E-state index contributed by atoms with van der Waals surface area (Å²) in [5.74, 6) is 0.286. The van der Waals surface area contributed by atoms with Crippen LogP contribution in [0.5, 0.6) is 11.5 Å². The maximum Gasteiger partial charge on any atom is 0.234 e. The predicted molar refractivity (Wildman–Crippen MR) is 85.0 cm³/mol. The van der Waals surface area contributed by atoms with Crippen molar-refractivity contribution in [3.05, 3.63) is 71.3 Å². The molecule has 1 aliphatic carbocycles. The third kappa shape index (κ3) is 2.04. The lowest BCUT2D eigenvalue weighted by atomic mass is 10.0. The molecule has 0 heterocycles. The Bertz CT molecular complexity index is 935. The number of hydrogen-bond acceptors (Lipinski definition) is 4. The summed E-state index contributed by atoms with van der Waals surface area (Å²) in [5, 5.41) is 10.5. The van der Waals surface area contributed by atoms with E-state index in [0.29, 0.717) is 28.0 Å². The van der Waals surface area contributed by atoms with Gasteiger partial charge in [-0.2, -0.15) is 0 Å². The molecule has 0 fully saturated rings. The van der Waals surface area contributed by atoms with Crippen LogP contribution in [-0.2, 0) is 6.61 Å². The first-order chi connectivity index (χ1) is 11.2. The van der Waals surface area contributed by atoms with Crippen LogP contribution in [0.1, 0.15) is 26.3 Å². The second-order valence-electron chi connectivity index (χ2n) is 5.40. The van der Waals surface area contributed by atoms with Gasteiger partial charge in [-0.3, -0.25) is 9.59 Å². The molecule has 0 aromatic heterocycles. The molecule has 3 aromatic carbocycles. The van der Waals surface area contributed by atoms with Crippen LogP contribution in [0.25, 0.3) is 10.8 Å². The first kappa shape index (κ1) is 13.7. The third-order valence-corrected chi connectivity index (χ3v) is 4.03. The normalized spacial score (nSPS) is 12.9. The summed E-state index contributed by atoms with van der Waals surface area (Å²) in [4.78, 5) is 24.0. The van der Waals surface area contributed by atoms with Crippen LogP contribution < -0.4 is 4.74 Å². The highest BCUT2D eigenvalue weighted by Gasteiger charge is 2.31. The van der Waals surface area contributed by atoms with Crippen molar-refractivity contribution in [3.63, 3.8) is 0 Å². The van der Waals surface area contributed by atoms with E-state index in [4.69, 9.17) is 9.84 Å². The minimum absolute atomic E-state index is 0.0223. The molecule has 0 saturated carbocycles. The van der Waals surface area contributed by atoms with E-state index >= 15 is 0 Å². The molecule has 0 atom stereocenters. The smallest absolute Gasteiger partial charge is 0.234 e. The van der Waals surface area contributed by atoms with Gasteiger partial charge in [-0.05, 0) is 29.8 Å². The van der Waals surface area contributed by atoms with Gasteiger partial charge in [0.2, 0.25) is 11.6 Å². The Morgan fingerprint density at radius 2 is 1.52 bits per heavy atom. The molecule has 3 aromatic rings. The lowest BCUT2D eigenvalue weighted by molar-refractivity contribution is 0.0825. The summed E-state index contributed by atoms with van der Waals surface area (Å²) < 4.78 is 5.90. The van der Waals surface area contributed by atoms with Gasteiger partial charge in [0.1, 0.15) is 11.5 Å². The van der Waals surface area contributed by atoms with Gasteiger partial charge in [-0.15, -0.1) is 0 Å². The van der Waals surface area contributed by atoms with E-state index in [0.717, 1.165) is 10.9 Å². The molecule has 0 radical (unpaired) electrons. The van der Waals surface area contributed by atoms with E-state index in [-0.39, 0.29) is 6.61 Å². The summed E-state index contributed by atoms with van der Waals surface area (Å²) in [6, 6.07) is 15.7. The summed E-state index contributed by atoms with van der Waals surface area (Å²) >= 11 is 0. The first-order valence-corrected chi connectivity index (χ1v) is 7.21. The number of benzene rings is 3. The first-order valence-electron chi connectivity index (χ1n) is 7.21. The number of aliphatic hydroxyl groups excluding tert-OH is 1. The molecule has 0 spiro atoms. The number of hydrogen-bond donors (Lipinski definition) is 1. The van der Waals surface area contributed by atoms with Gasteiger partial charge in [0.15, 0.2) is 0 Å². The lowest BCUT2D eigenvalue weighted by Crippen LogP contribution is -2.05. The van der Waals surface area contributed by atoms with Crippen molar-refractivity contribution in [1.29, 1.82) is 0 Å². The number of carbonyl (C=O) groups excluding carboxylic acids is 2. The van der Waals surface area contributed by atoms with Crippen LogP contribution in [0.4, 0.5) is 0 Å². The largest absolute Gasteiger partial charge is 0.457 e. The maximum absolute atomic E-state index is 12.0. The van der Waals surface area contributed by atoms with Crippen molar-refractivity contribution in [2.45, 2.75) is 6.61 Å². The molecular formula is C19H12O4. The van der Waals surface area contributed by atoms with E-state index in [1.807, 2.05) is 6.07 Å². The Balaban J connectivity index is 1.83. The van der Waals surface area contributed by atoms with Crippen LogP contribution in [0.2, 0.25) is 0 Å². The standard InChI is InChI=1S/C19H12O4/c20-10-11-4-6-12(7-5-11)23-16-9-8-15-17-13(16)2-1-3-14(17)18(21)19(15)22/h1-9,20H,10H2. The van der Waals surface area contributed by atoms with Gasteiger partial charge in [0.25, 0.3) is 0 Å². The Hall–Kier alpha value is -2.98. The molecule has 4 heteroatoms. The van der Waals surface area contributed by atoms with Crippen molar-refractivity contribution >= 4 is 22.3 Å². The van der Waals surface area contributed by atoms with E-state index in [1.165, 1.54) is 0 Å². The Morgan fingerprint density at radius 1 is 0.826 bits per heavy atom. The fourth-order valence-corrected chi connectivity index (χ4v) is 2.88. The van der Waals surface area contributed by atoms with Crippen LogP contribution in [0.3, 0.4) is 0 Å². The van der Waals surface area contributed by atoms with E-state index in [1.54, 1.807) is 48.5 Å². The number of Topliss-reactive ketones (excluding diaryl/α,β-unsaturated/α-hetero) is 2. The molecule has 23 heavy (non-hydrogen) atoms. The van der Waals surface area contributed by atoms with Gasteiger partial charge in [-0.1, -0.05) is 30.3 Å². The Morgan fingerprint density at radius 3 is 2.22 bits per heavy atom. The SMILES string of the molecule is O=C1C(=O)c2ccc(Oc3ccc(CO)cc3)c3cccc1c23. The van der Waals surface area contributed by atoms with Crippen LogP contribution in [0.15, 0.2) is 54.6 Å². The van der Waals surface area contributed by atoms with E-state index in [9.17, 15) is 9.59 Å². The van der Waals surface area contributed by atoms with Gasteiger partial charge < -0.3 is 9.84 Å². The molecule has 112 valence electrons. The van der Waals surface area contributed by atoms with E-state index < -0.39 is 11.6 Å². The highest BCUT2D eigenvalue weighted by Crippen LogP contribution is 2.37. The van der Waals surface area contributed by atoms with Crippen molar-refractivity contribution < 1.29 is 19.4 Å². The second kappa shape index (κ2) is 5.04. The van der Waals surface area contributed by atoms with Gasteiger partial charge in [-0.25, -0.2) is 0 Å². The molecule has 0 saturated heterocycles. The average Bonchev–Trinajstić information content (AvgIpc) is 2.84. The zero-order valence-corrected chi connectivity index (χ0v) is 12.1. The van der Waals surface area contributed by atoms with Crippen molar-refractivity contribution in [2.24, 2.45) is 0 Å². The number of ether oxygens (including phenoxy) is 1. The number of carbonyl (C=O) groups is 2. The quantitative estimate of drug-likeness (QED) is 0.752. The monoisotopic (exact) mass is 304 g/mol. The van der Waals surface area contributed by atoms with Crippen molar-refractivity contribution in [2.75, 3.05) is 0 Å². The predicted octanol–water partition coefficient (Wildman–Crippen LogP) is 3.50. The van der Waals surface area contributed by atoms with Crippen LogP contribution >= 0.6 is 0 Å². The fraction of sp³-hybridized carbons (Fsp3) is 0.0526. The zero-order chi connectivity index (χ0) is 16.0. The molecule has 4 rings (SSSR count). The van der Waals surface area contributed by atoms with Crippen LogP contribution in [0, 0.1) is 0 Å². The minimum Gasteiger partial charge on any atom is -0.457 e. The summed E-state index contributed by atoms with van der Waals surface area (Å²) in [5.41, 5.74) is 1.67. The topological polar surface area (TPSA) is 63.6 Å². The van der Waals surface area contributed by atoms with Crippen LogP contribution in [-0.4, -0.2) is 16.7 Å². The maximum atomic E-state index is 12.0. The number of ketones is 2. The molecular weight excluding hydrogens is 292 g/mol. The van der Waals surface area contributed by atoms with E-state index in [2.05, 4.69) is 0 Å². The number of rotatable bonds is 3. The zero-order valence-electron chi connectivity index (χ0n) is 12.1. The van der Waals surface area contributed by atoms with Gasteiger partial charge >= 0.3 is 0 Å².